The Morgan fingerprint density at radius 2 is 1.62 bits per heavy atom. The zero-order valence-corrected chi connectivity index (χ0v) is 23.1. The highest BCUT2D eigenvalue weighted by Crippen LogP contribution is 2.42. The Kier molecular flexibility index (Phi) is 7.73. The number of amides is 1. The van der Waals surface area contributed by atoms with Gasteiger partial charge in [0.05, 0.1) is 30.2 Å². The molecule has 202 valence electrons. The largest absolute Gasteiger partial charge is 0.490 e. The second-order valence-corrected chi connectivity index (χ2v) is 10.2. The number of benzene rings is 3. The second-order valence-electron chi connectivity index (χ2n) is 10.2. The number of hydrogen-bond acceptors (Lipinski definition) is 5. The lowest BCUT2D eigenvalue weighted by molar-refractivity contribution is 0.0714. The van der Waals surface area contributed by atoms with Crippen LogP contribution in [-0.2, 0) is 6.54 Å². The van der Waals surface area contributed by atoms with E-state index in [4.69, 9.17) is 13.9 Å². The summed E-state index contributed by atoms with van der Waals surface area (Å²) in [6, 6.07) is 18.6. The summed E-state index contributed by atoms with van der Waals surface area (Å²) in [7, 11) is 0. The predicted octanol–water partition coefficient (Wildman–Crippen LogP) is 7.12. The number of aryl methyl sites for hydroxylation is 2. The van der Waals surface area contributed by atoms with Crippen molar-refractivity contribution in [2.45, 2.75) is 59.5 Å². The molecular weight excluding hydrogens is 490 g/mol. The summed E-state index contributed by atoms with van der Waals surface area (Å²) in [6.07, 6.45) is 3.18. The number of rotatable bonds is 10. The second kappa shape index (κ2) is 11.4. The molecule has 1 aliphatic heterocycles. The van der Waals surface area contributed by atoms with Crippen LogP contribution in [0.5, 0.6) is 11.5 Å². The molecule has 5 rings (SSSR count). The van der Waals surface area contributed by atoms with Gasteiger partial charge in [0.1, 0.15) is 5.58 Å². The van der Waals surface area contributed by atoms with Crippen molar-refractivity contribution in [3.8, 4) is 11.5 Å². The molecule has 1 aliphatic rings. The summed E-state index contributed by atoms with van der Waals surface area (Å²) in [5.74, 6) is 1.07. The van der Waals surface area contributed by atoms with Crippen LogP contribution in [0.2, 0.25) is 0 Å². The van der Waals surface area contributed by atoms with Gasteiger partial charge in [-0.25, -0.2) is 0 Å². The summed E-state index contributed by atoms with van der Waals surface area (Å²) in [6.45, 7) is 9.45. The molecule has 1 unspecified atom stereocenters. The molecule has 2 heterocycles. The highest BCUT2D eigenvalue weighted by atomic mass is 16.5. The smallest absolute Gasteiger partial charge is 0.291 e. The number of hydrogen-bond donors (Lipinski definition) is 0. The minimum Gasteiger partial charge on any atom is -0.490 e. The van der Waals surface area contributed by atoms with Crippen LogP contribution in [0.1, 0.15) is 77.5 Å². The normalized spacial score (nSPS) is 14.6. The third-order valence-corrected chi connectivity index (χ3v) is 7.18. The molecular formula is C33H35NO5. The molecule has 0 saturated heterocycles. The van der Waals surface area contributed by atoms with Gasteiger partial charge in [-0.05, 0) is 62.6 Å². The first kappa shape index (κ1) is 26.5. The predicted molar refractivity (Wildman–Crippen MR) is 153 cm³/mol. The first-order valence-electron chi connectivity index (χ1n) is 13.7. The molecule has 1 atom stereocenters. The molecule has 39 heavy (non-hydrogen) atoms. The van der Waals surface area contributed by atoms with Gasteiger partial charge in [-0.2, -0.15) is 0 Å². The van der Waals surface area contributed by atoms with Crippen LogP contribution in [0.25, 0.3) is 11.0 Å². The monoisotopic (exact) mass is 525 g/mol. The van der Waals surface area contributed by atoms with Gasteiger partial charge in [0.2, 0.25) is 5.76 Å². The van der Waals surface area contributed by atoms with Crippen molar-refractivity contribution < 1.29 is 18.7 Å². The van der Waals surface area contributed by atoms with E-state index in [9.17, 15) is 9.59 Å². The standard InChI is InChI=1S/C33H35NO5/c1-5-7-8-17-38-27-16-14-24(19-28(27)37-6-2)30-29-31(35)25-18-22(4)11-15-26(25)39-32(29)33(36)34(30)20-23-12-9-21(3)10-13-23/h9-16,18-19,30H,5-8,17,20H2,1-4H3. The first-order chi connectivity index (χ1) is 18.9. The van der Waals surface area contributed by atoms with Crippen LogP contribution in [0.15, 0.2) is 69.9 Å². The van der Waals surface area contributed by atoms with Crippen molar-refractivity contribution in [2.24, 2.45) is 0 Å². The molecule has 0 radical (unpaired) electrons. The van der Waals surface area contributed by atoms with Crippen molar-refractivity contribution in [3.63, 3.8) is 0 Å². The fourth-order valence-electron chi connectivity index (χ4n) is 5.15. The summed E-state index contributed by atoms with van der Waals surface area (Å²) >= 11 is 0. The van der Waals surface area contributed by atoms with Crippen molar-refractivity contribution in [1.29, 1.82) is 0 Å². The van der Waals surface area contributed by atoms with Crippen molar-refractivity contribution in [1.82, 2.24) is 4.90 Å². The van der Waals surface area contributed by atoms with Crippen LogP contribution in [0.3, 0.4) is 0 Å². The number of unbranched alkanes of at least 4 members (excludes halogenated alkanes) is 2. The van der Waals surface area contributed by atoms with Crippen LogP contribution >= 0.6 is 0 Å². The lowest BCUT2D eigenvalue weighted by atomic mass is 9.97. The SMILES string of the molecule is CCCCCOc1ccc(C2c3c(oc4ccc(C)cc4c3=O)C(=O)N2Cc2ccc(C)cc2)cc1OCC. The van der Waals surface area contributed by atoms with Gasteiger partial charge in [0.25, 0.3) is 5.91 Å². The molecule has 1 amide bonds. The van der Waals surface area contributed by atoms with E-state index in [-0.39, 0.29) is 17.1 Å². The van der Waals surface area contributed by atoms with E-state index in [1.807, 2.05) is 75.4 Å². The molecule has 4 aromatic rings. The lowest BCUT2D eigenvalue weighted by Crippen LogP contribution is -2.29. The Hall–Kier alpha value is -4.06. The van der Waals surface area contributed by atoms with Gasteiger partial charge in [-0.3, -0.25) is 9.59 Å². The van der Waals surface area contributed by atoms with Crippen molar-refractivity contribution >= 4 is 16.9 Å². The highest BCUT2D eigenvalue weighted by molar-refractivity contribution is 5.99. The Bertz CT molecular complexity index is 1550. The zero-order valence-electron chi connectivity index (χ0n) is 23.1. The Morgan fingerprint density at radius 1 is 0.846 bits per heavy atom. The van der Waals surface area contributed by atoms with Gasteiger partial charge in [-0.1, -0.05) is 67.3 Å². The molecule has 0 spiro atoms. The third-order valence-electron chi connectivity index (χ3n) is 7.18. The molecule has 3 aromatic carbocycles. The van der Waals surface area contributed by atoms with Gasteiger partial charge >= 0.3 is 0 Å². The van der Waals surface area contributed by atoms with E-state index in [1.54, 1.807) is 11.0 Å². The molecule has 6 heteroatoms. The van der Waals surface area contributed by atoms with Crippen LogP contribution in [-0.4, -0.2) is 24.0 Å². The molecule has 0 bridgehead atoms. The fourth-order valence-corrected chi connectivity index (χ4v) is 5.15. The summed E-state index contributed by atoms with van der Waals surface area (Å²) < 4.78 is 18.1. The van der Waals surface area contributed by atoms with Gasteiger partial charge < -0.3 is 18.8 Å². The summed E-state index contributed by atoms with van der Waals surface area (Å²) in [5, 5.41) is 0.477. The van der Waals surface area contributed by atoms with Gasteiger partial charge in [0.15, 0.2) is 16.9 Å². The van der Waals surface area contributed by atoms with Gasteiger partial charge in [0, 0.05) is 6.54 Å². The molecule has 6 nitrogen and oxygen atoms in total. The molecule has 0 saturated carbocycles. The number of ether oxygens (including phenoxy) is 2. The molecule has 1 aromatic heterocycles. The quantitative estimate of drug-likeness (QED) is 0.206. The molecule has 0 aliphatic carbocycles. The lowest BCUT2D eigenvalue weighted by Gasteiger charge is -2.26. The first-order valence-corrected chi connectivity index (χ1v) is 13.7. The zero-order chi connectivity index (χ0) is 27.5. The Labute approximate surface area is 229 Å². The summed E-state index contributed by atoms with van der Waals surface area (Å²) in [5.41, 5.74) is 4.44. The number of carbonyl (C=O) groups is 1. The maximum Gasteiger partial charge on any atom is 0.291 e. The number of carbonyl (C=O) groups excluding carboxylic acids is 1. The maximum atomic E-state index is 13.9. The number of nitrogens with zero attached hydrogens (tertiary/aromatic N) is 1. The van der Waals surface area contributed by atoms with Crippen molar-refractivity contribution in [3.05, 3.63) is 104 Å². The molecule has 0 N–H and O–H groups in total. The van der Waals surface area contributed by atoms with Gasteiger partial charge in [-0.15, -0.1) is 0 Å². The average molecular weight is 526 g/mol. The van der Waals surface area contributed by atoms with E-state index >= 15 is 0 Å². The topological polar surface area (TPSA) is 69.0 Å². The highest BCUT2D eigenvalue weighted by Gasteiger charge is 2.43. The van der Waals surface area contributed by atoms with E-state index in [2.05, 4.69) is 6.92 Å². The van der Waals surface area contributed by atoms with E-state index in [1.165, 1.54) is 0 Å². The van der Waals surface area contributed by atoms with Crippen LogP contribution in [0, 0.1) is 13.8 Å². The van der Waals surface area contributed by atoms with E-state index in [0.29, 0.717) is 47.8 Å². The maximum absolute atomic E-state index is 13.9. The fraction of sp³-hybridized carbons (Fsp3) is 0.333. The van der Waals surface area contributed by atoms with Crippen LogP contribution in [0.4, 0.5) is 0 Å². The average Bonchev–Trinajstić information content (AvgIpc) is 3.20. The minimum atomic E-state index is -0.622. The number of fused-ring (bicyclic) bond motifs is 2. The Balaban J connectivity index is 1.63. The van der Waals surface area contributed by atoms with E-state index < -0.39 is 6.04 Å². The van der Waals surface area contributed by atoms with E-state index in [0.717, 1.165) is 41.5 Å². The minimum absolute atomic E-state index is 0.103. The Morgan fingerprint density at radius 3 is 2.36 bits per heavy atom. The summed E-state index contributed by atoms with van der Waals surface area (Å²) in [4.78, 5) is 29.5. The third kappa shape index (κ3) is 5.29. The van der Waals surface area contributed by atoms with Crippen LogP contribution < -0.4 is 14.9 Å². The molecule has 0 fully saturated rings. The van der Waals surface area contributed by atoms with Crippen molar-refractivity contribution in [2.75, 3.05) is 13.2 Å².